The maximum atomic E-state index is 10.7. The maximum absolute atomic E-state index is 10.7. The number of pyridine rings is 1. The number of ether oxygens (including phenoxy) is 1. The summed E-state index contributed by atoms with van der Waals surface area (Å²) in [5.41, 5.74) is 0. The largest absolute Gasteiger partial charge is 0.489 e. The Morgan fingerprint density at radius 1 is 1.57 bits per heavy atom. The van der Waals surface area contributed by atoms with Crippen molar-refractivity contribution < 1.29 is 9.53 Å². The van der Waals surface area contributed by atoms with Gasteiger partial charge in [-0.25, -0.2) is 4.98 Å². The summed E-state index contributed by atoms with van der Waals surface area (Å²) in [6.07, 6.45) is 4.27. The molecule has 1 aromatic heterocycles. The molecule has 1 aliphatic carbocycles. The number of rotatable bonds is 3. The summed E-state index contributed by atoms with van der Waals surface area (Å²) in [6, 6.07) is 3.55. The van der Waals surface area contributed by atoms with Crippen LogP contribution >= 0.6 is 0 Å². The second-order valence-electron chi connectivity index (χ2n) is 3.38. The number of hydrogen-bond donors (Lipinski definition) is 1. The van der Waals surface area contributed by atoms with Gasteiger partial charge >= 0.3 is 0 Å². The normalized spacial score (nSPS) is 14.9. The van der Waals surface area contributed by atoms with Crippen LogP contribution < -0.4 is 10.1 Å². The van der Waals surface area contributed by atoms with Crippen molar-refractivity contribution in [2.45, 2.75) is 25.9 Å². The quantitative estimate of drug-likeness (QED) is 0.791. The van der Waals surface area contributed by atoms with Gasteiger partial charge in [0, 0.05) is 6.92 Å². The molecule has 0 unspecified atom stereocenters. The van der Waals surface area contributed by atoms with Gasteiger partial charge in [-0.1, -0.05) is 0 Å². The van der Waals surface area contributed by atoms with E-state index in [0.29, 0.717) is 11.9 Å². The highest BCUT2D eigenvalue weighted by Crippen LogP contribution is 2.26. The topological polar surface area (TPSA) is 51.2 Å². The Hall–Kier alpha value is -1.58. The molecule has 0 radical (unpaired) electrons. The summed E-state index contributed by atoms with van der Waals surface area (Å²) < 4.78 is 5.51. The molecule has 4 nitrogen and oxygen atoms in total. The van der Waals surface area contributed by atoms with Crippen molar-refractivity contribution in [3.63, 3.8) is 0 Å². The fourth-order valence-electron chi connectivity index (χ4n) is 1.08. The third kappa shape index (κ3) is 2.45. The highest BCUT2D eigenvalue weighted by molar-refractivity contribution is 5.87. The van der Waals surface area contributed by atoms with Crippen LogP contribution in [0.4, 0.5) is 5.82 Å². The van der Waals surface area contributed by atoms with Crippen LogP contribution in [0.1, 0.15) is 19.8 Å². The van der Waals surface area contributed by atoms with Crippen LogP contribution in [0.5, 0.6) is 5.75 Å². The van der Waals surface area contributed by atoms with Gasteiger partial charge < -0.3 is 10.1 Å². The summed E-state index contributed by atoms with van der Waals surface area (Å²) in [6.45, 7) is 1.45. The Balaban J connectivity index is 1.97. The molecule has 74 valence electrons. The third-order valence-corrected chi connectivity index (χ3v) is 1.87. The van der Waals surface area contributed by atoms with E-state index in [1.807, 2.05) is 6.07 Å². The second-order valence-corrected chi connectivity index (χ2v) is 3.38. The molecule has 1 amide bonds. The number of carbonyl (C=O) groups excluding carboxylic acids is 1. The standard InChI is InChI=1S/C10H12N2O2/c1-7(13)12-10-5-4-9(6-11-10)14-8-2-3-8/h4-6,8H,2-3H2,1H3,(H,11,12,13). The molecule has 0 spiro atoms. The predicted octanol–water partition coefficient (Wildman–Crippen LogP) is 1.58. The minimum absolute atomic E-state index is 0.117. The highest BCUT2D eigenvalue weighted by atomic mass is 16.5. The van der Waals surface area contributed by atoms with Crippen molar-refractivity contribution in [2.24, 2.45) is 0 Å². The van der Waals surface area contributed by atoms with Gasteiger partial charge in [-0.05, 0) is 25.0 Å². The Bertz CT molecular complexity index is 330. The molecule has 4 heteroatoms. The Kier molecular flexibility index (Phi) is 2.35. The molecule has 1 N–H and O–H groups in total. The molecule has 0 bridgehead atoms. The van der Waals surface area contributed by atoms with E-state index < -0.39 is 0 Å². The Morgan fingerprint density at radius 3 is 2.86 bits per heavy atom. The molecule has 14 heavy (non-hydrogen) atoms. The van der Waals surface area contributed by atoms with Crippen LogP contribution in [-0.2, 0) is 4.79 Å². The number of nitrogens with one attached hydrogen (secondary N) is 1. The molecule has 1 aromatic rings. The summed E-state index contributed by atoms with van der Waals surface area (Å²) in [4.78, 5) is 14.7. The molecule has 1 heterocycles. The van der Waals surface area contributed by atoms with Gasteiger partial charge in [0.2, 0.25) is 5.91 Å². The lowest BCUT2D eigenvalue weighted by atomic mass is 10.4. The van der Waals surface area contributed by atoms with Crippen molar-refractivity contribution >= 4 is 11.7 Å². The number of amides is 1. The molecule has 0 atom stereocenters. The minimum atomic E-state index is -0.117. The minimum Gasteiger partial charge on any atom is -0.489 e. The van der Waals surface area contributed by atoms with Gasteiger partial charge in [0.15, 0.2) is 0 Å². The Labute approximate surface area is 82.3 Å². The third-order valence-electron chi connectivity index (χ3n) is 1.87. The zero-order valence-electron chi connectivity index (χ0n) is 7.99. The summed E-state index contributed by atoms with van der Waals surface area (Å²) in [7, 11) is 0. The highest BCUT2D eigenvalue weighted by Gasteiger charge is 2.23. The van der Waals surface area contributed by atoms with Crippen LogP contribution in [0.3, 0.4) is 0 Å². The smallest absolute Gasteiger partial charge is 0.222 e. The SMILES string of the molecule is CC(=O)Nc1ccc(OC2CC2)cn1. The van der Waals surface area contributed by atoms with E-state index in [1.54, 1.807) is 12.3 Å². The van der Waals surface area contributed by atoms with Gasteiger partial charge in [-0.3, -0.25) is 4.79 Å². The molecule has 0 aromatic carbocycles. The number of nitrogens with zero attached hydrogens (tertiary/aromatic N) is 1. The Morgan fingerprint density at radius 2 is 2.36 bits per heavy atom. The van der Waals surface area contributed by atoms with Crippen molar-refractivity contribution in [3.8, 4) is 5.75 Å². The fourth-order valence-corrected chi connectivity index (χ4v) is 1.08. The average molecular weight is 192 g/mol. The molecule has 1 aliphatic rings. The lowest BCUT2D eigenvalue weighted by Crippen LogP contribution is -2.07. The van der Waals surface area contributed by atoms with Gasteiger partial charge in [0.05, 0.1) is 12.3 Å². The number of hydrogen-bond acceptors (Lipinski definition) is 3. The number of aromatic nitrogens is 1. The number of carbonyl (C=O) groups is 1. The molecule has 0 saturated heterocycles. The lowest BCUT2D eigenvalue weighted by molar-refractivity contribution is -0.114. The van der Waals surface area contributed by atoms with E-state index in [-0.39, 0.29) is 5.91 Å². The van der Waals surface area contributed by atoms with Crippen LogP contribution in [0, 0.1) is 0 Å². The van der Waals surface area contributed by atoms with E-state index in [0.717, 1.165) is 18.6 Å². The summed E-state index contributed by atoms with van der Waals surface area (Å²) in [5, 5.41) is 2.60. The average Bonchev–Trinajstić information content (AvgIpc) is 2.91. The van der Waals surface area contributed by atoms with Crippen LogP contribution in [0.2, 0.25) is 0 Å². The number of anilines is 1. The molecular weight excluding hydrogens is 180 g/mol. The van der Waals surface area contributed by atoms with Crippen LogP contribution in [0.25, 0.3) is 0 Å². The van der Waals surface area contributed by atoms with Gasteiger partial charge in [-0.2, -0.15) is 0 Å². The van der Waals surface area contributed by atoms with Gasteiger partial charge in [0.1, 0.15) is 11.6 Å². The molecule has 1 fully saturated rings. The molecular formula is C10H12N2O2. The maximum Gasteiger partial charge on any atom is 0.222 e. The van der Waals surface area contributed by atoms with E-state index in [9.17, 15) is 4.79 Å². The lowest BCUT2D eigenvalue weighted by Gasteiger charge is -2.04. The molecule has 2 rings (SSSR count). The van der Waals surface area contributed by atoms with Crippen LogP contribution in [0.15, 0.2) is 18.3 Å². The first-order valence-electron chi connectivity index (χ1n) is 4.64. The molecule has 0 aliphatic heterocycles. The van der Waals surface area contributed by atoms with Crippen molar-refractivity contribution in [3.05, 3.63) is 18.3 Å². The van der Waals surface area contributed by atoms with E-state index >= 15 is 0 Å². The fraction of sp³-hybridized carbons (Fsp3) is 0.400. The zero-order valence-corrected chi connectivity index (χ0v) is 7.99. The van der Waals surface area contributed by atoms with Crippen molar-refractivity contribution in [1.29, 1.82) is 0 Å². The van der Waals surface area contributed by atoms with E-state index in [2.05, 4.69) is 10.3 Å². The zero-order chi connectivity index (χ0) is 9.97. The molecule has 1 saturated carbocycles. The first-order valence-corrected chi connectivity index (χ1v) is 4.64. The van der Waals surface area contributed by atoms with Gasteiger partial charge in [0.25, 0.3) is 0 Å². The predicted molar refractivity (Wildman–Crippen MR) is 52.2 cm³/mol. The van der Waals surface area contributed by atoms with Crippen LogP contribution in [-0.4, -0.2) is 17.0 Å². The summed E-state index contributed by atoms with van der Waals surface area (Å²) >= 11 is 0. The second kappa shape index (κ2) is 3.65. The first kappa shape index (κ1) is 8.99. The van der Waals surface area contributed by atoms with Gasteiger partial charge in [-0.15, -0.1) is 0 Å². The summed E-state index contributed by atoms with van der Waals surface area (Å²) in [5.74, 6) is 1.20. The van der Waals surface area contributed by atoms with Crippen molar-refractivity contribution in [1.82, 2.24) is 4.98 Å². The van der Waals surface area contributed by atoms with Crippen molar-refractivity contribution in [2.75, 3.05) is 5.32 Å². The first-order chi connectivity index (χ1) is 6.74. The van der Waals surface area contributed by atoms with E-state index in [1.165, 1.54) is 6.92 Å². The monoisotopic (exact) mass is 192 g/mol. The van der Waals surface area contributed by atoms with E-state index in [4.69, 9.17) is 4.74 Å².